The van der Waals surface area contributed by atoms with E-state index in [4.69, 9.17) is 0 Å². The Morgan fingerprint density at radius 3 is 2.75 bits per heavy atom. The lowest BCUT2D eigenvalue weighted by Gasteiger charge is -2.32. The molecule has 5 heteroatoms. The van der Waals surface area contributed by atoms with E-state index in [1.165, 1.54) is 5.56 Å². The van der Waals surface area contributed by atoms with Gasteiger partial charge in [-0.05, 0) is 72.7 Å². The quantitative estimate of drug-likeness (QED) is 0.635. The van der Waals surface area contributed by atoms with Crippen molar-refractivity contribution < 1.29 is 5.11 Å². The molecule has 5 nitrogen and oxygen atoms in total. The summed E-state index contributed by atoms with van der Waals surface area (Å²) in [6.07, 6.45) is 2.64. The fourth-order valence-corrected chi connectivity index (χ4v) is 3.83. The minimum Gasteiger partial charge on any atom is -0.391 e. The molecule has 1 aliphatic heterocycles. The first-order valence-corrected chi connectivity index (χ1v) is 10.0. The number of hydrogen-bond acceptors (Lipinski definition) is 4. The molecule has 146 valence electrons. The van der Waals surface area contributed by atoms with Crippen LogP contribution in [0.3, 0.4) is 0 Å². The highest BCUT2D eigenvalue weighted by Gasteiger charge is 2.17. The van der Waals surface area contributed by atoms with Crippen molar-refractivity contribution in [2.24, 2.45) is 0 Å². The summed E-state index contributed by atoms with van der Waals surface area (Å²) in [4.78, 5) is 17.6. The fourth-order valence-electron chi connectivity index (χ4n) is 3.83. The molecule has 1 aliphatic rings. The molecule has 1 saturated heterocycles. The summed E-state index contributed by atoms with van der Waals surface area (Å²) >= 11 is 0. The van der Waals surface area contributed by atoms with Gasteiger partial charge in [-0.15, -0.1) is 0 Å². The Bertz CT molecular complexity index is 1010. The molecule has 0 aliphatic carbocycles. The van der Waals surface area contributed by atoms with Gasteiger partial charge in [-0.2, -0.15) is 0 Å². The zero-order valence-electron chi connectivity index (χ0n) is 16.2. The number of hydrogen-bond donors (Lipinski definition) is 3. The maximum atomic E-state index is 12.4. The maximum Gasteiger partial charge on any atom is 0.253 e. The lowest BCUT2D eigenvalue weighted by atomic mass is 10.1. The van der Waals surface area contributed by atoms with E-state index < -0.39 is 0 Å². The number of anilines is 2. The van der Waals surface area contributed by atoms with Gasteiger partial charge in [0.2, 0.25) is 0 Å². The third-order valence-electron chi connectivity index (χ3n) is 5.51. The van der Waals surface area contributed by atoms with Crippen LogP contribution in [0.25, 0.3) is 10.9 Å². The Balaban J connectivity index is 1.46. The van der Waals surface area contributed by atoms with Gasteiger partial charge in [-0.25, -0.2) is 0 Å². The average molecular weight is 377 g/mol. The molecule has 1 unspecified atom stereocenters. The van der Waals surface area contributed by atoms with Crippen molar-refractivity contribution in [2.75, 3.05) is 23.3 Å². The van der Waals surface area contributed by atoms with Gasteiger partial charge in [0, 0.05) is 42.1 Å². The number of aliphatic hydroxyl groups is 1. The van der Waals surface area contributed by atoms with Crippen LogP contribution < -0.4 is 15.8 Å². The lowest BCUT2D eigenvalue weighted by molar-refractivity contribution is 0.154. The molecule has 3 N–H and O–H groups in total. The van der Waals surface area contributed by atoms with Crippen molar-refractivity contribution in [1.29, 1.82) is 0 Å². The Kier molecular flexibility index (Phi) is 5.35. The van der Waals surface area contributed by atoms with Gasteiger partial charge in [-0.1, -0.05) is 13.0 Å². The summed E-state index contributed by atoms with van der Waals surface area (Å²) in [5.74, 6) is 0. The molecule has 4 rings (SSSR count). The number of aliphatic hydroxyl groups excluding tert-OH is 1. The first-order valence-electron chi connectivity index (χ1n) is 10.0. The highest BCUT2D eigenvalue weighted by atomic mass is 16.3. The molecule has 0 amide bonds. The SMILES string of the molecule is CCc1ccc2[nH]c(=O)c(CNc3ccc(N4CCCC(O)C4)cc3)cc2c1. The topological polar surface area (TPSA) is 68.4 Å². The number of pyridine rings is 1. The molecule has 28 heavy (non-hydrogen) atoms. The van der Waals surface area contributed by atoms with Crippen molar-refractivity contribution in [3.63, 3.8) is 0 Å². The third kappa shape index (κ3) is 4.04. The molecular formula is C23H27N3O2. The average Bonchev–Trinajstić information content (AvgIpc) is 2.72. The number of rotatable bonds is 5. The van der Waals surface area contributed by atoms with E-state index in [0.717, 1.165) is 53.6 Å². The maximum absolute atomic E-state index is 12.4. The highest BCUT2D eigenvalue weighted by Crippen LogP contribution is 2.22. The van der Waals surface area contributed by atoms with Crippen molar-refractivity contribution in [3.8, 4) is 0 Å². The van der Waals surface area contributed by atoms with E-state index in [-0.39, 0.29) is 11.7 Å². The Labute approximate surface area is 165 Å². The van der Waals surface area contributed by atoms with Gasteiger partial charge in [0.05, 0.1) is 6.10 Å². The largest absolute Gasteiger partial charge is 0.391 e. The summed E-state index contributed by atoms with van der Waals surface area (Å²) < 4.78 is 0. The molecule has 3 aromatic rings. The molecule has 2 heterocycles. The number of H-pyrrole nitrogens is 1. The van der Waals surface area contributed by atoms with Crippen LogP contribution in [-0.4, -0.2) is 29.3 Å². The zero-order chi connectivity index (χ0) is 19.5. The number of fused-ring (bicyclic) bond motifs is 1. The second kappa shape index (κ2) is 8.07. The van der Waals surface area contributed by atoms with Crippen LogP contribution in [0.1, 0.15) is 30.9 Å². The van der Waals surface area contributed by atoms with E-state index in [1.807, 2.05) is 24.3 Å². The first-order chi connectivity index (χ1) is 13.6. The summed E-state index contributed by atoms with van der Waals surface area (Å²) in [7, 11) is 0. The molecule has 2 aromatic carbocycles. The fraction of sp³-hybridized carbons (Fsp3) is 0.348. The summed E-state index contributed by atoms with van der Waals surface area (Å²) in [5.41, 5.74) is 4.91. The minimum absolute atomic E-state index is 0.0526. The number of aromatic nitrogens is 1. The van der Waals surface area contributed by atoms with E-state index >= 15 is 0 Å². The van der Waals surface area contributed by atoms with Crippen LogP contribution in [0.4, 0.5) is 11.4 Å². The molecule has 1 aromatic heterocycles. The van der Waals surface area contributed by atoms with Crippen LogP contribution in [-0.2, 0) is 13.0 Å². The second-order valence-corrected chi connectivity index (χ2v) is 7.54. The van der Waals surface area contributed by atoms with Crippen molar-refractivity contribution in [1.82, 2.24) is 4.98 Å². The normalized spacial score (nSPS) is 17.1. The van der Waals surface area contributed by atoms with Crippen LogP contribution in [0.2, 0.25) is 0 Å². The second-order valence-electron chi connectivity index (χ2n) is 7.54. The van der Waals surface area contributed by atoms with Gasteiger partial charge >= 0.3 is 0 Å². The standard InChI is InChI=1S/C23H27N3O2/c1-2-16-5-10-22-17(12-16)13-18(23(28)25-22)14-24-19-6-8-20(9-7-19)26-11-3-4-21(27)15-26/h5-10,12-13,21,24,27H,2-4,11,14-15H2,1H3,(H,25,28). The third-order valence-corrected chi connectivity index (χ3v) is 5.51. The Morgan fingerprint density at radius 1 is 1.18 bits per heavy atom. The highest BCUT2D eigenvalue weighted by molar-refractivity contribution is 5.79. The van der Waals surface area contributed by atoms with Gasteiger partial charge in [-0.3, -0.25) is 4.79 Å². The van der Waals surface area contributed by atoms with Crippen LogP contribution in [0, 0.1) is 0 Å². The Morgan fingerprint density at radius 2 is 2.00 bits per heavy atom. The Hall–Kier alpha value is -2.79. The molecule has 1 fully saturated rings. The van der Waals surface area contributed by atoms with E-state index in [2.05, 4.69) is 46.4 Å². The summed E-state index contributed by atoms with van der Waals surface area (Å²) in [6, 6.07) is 16.3. The van der Waals surface area contributed by atoms with Gasteiger partial charge in [0.1, 0.15) is 0 Å². The zero-order valence-corrected chi connectivity index (χ0v) is 16.2. The molecule has 0 spiro atoms. The van der Waals surface area contributed by atoms with Crippen molar-refractivity contribution in [2.45, 2.75) is 38.8 Å². The van der Waals surface area contributed by atoms with Crippen molar-refractivity contribution in [3.05, 3.63) is 70.0 Å². The van der Waals surface area contributed by atoms with Crippen LogP contribution in [0.5, 0.6) is 0 Å². The number of aromatic amines is 1. The predicted octanol–water partition coefficient (Wildman–Crippen LogP) is 3.66. The van der Waals surface area contributed by atoms with Crippen LogP contribution >= 0.6 is 0 Å². The number of nitrogens with one attached hydrogen (secondary N) is 2. The van der Waals surface area contributed by atoms with Crippen molar-refractivity contribution >= 4 is 22.3 Å². The summed E-state index contributed by atoms with van der Waals surface area (Å²) in [5, 5.41) is 14.3. The number of piperidine rings is 1. The molecule has 0 saturated carbocycles. The van der Waals surface area contributed by atoms with E-state index in [1.54, 1.807) is 0 Å². The number of aryl methyl sites for hydroxylation is 1. The molecular weight excluding hydrogens is 350 g/mol. The van der Waals surface area contributed by atoms with E-state index in [9.17, 15) is 9.90 Å². The monoisotopic (exact) mass is 377 g/mol. The number of β-amino-alcohol motifs (C(OH)–C–C–N with tert-alkyl or cyclic N) is 1. The van der Waals surface area contributed by atoms with Gasteiger partial charge in [0.15, 0.2) is 0 Å². The number of benzene rings is 2. The number of nitrogens with zero attached hydrogens (tertiary/aromatic N) is 1. The van der Waals surface area contributed by atoms with Crippen LogP contribution in [0.15, 0.2) is 53.3 Å². The molecule has 1 atom stereocenters. The van der Waals surface area contributed by atoms with E-state index in [0.29, 0.717) is 13.1 Å². The lowest BCUT2D eigenvalue weighted by Crippen LogP contribution is -2.38. The predicted molar refractivity (Wildman–Crippen MR) is 115 cm³/mol. The molecule has 0 radical (unpaired) electrons. The first kappa shape index (κ1) is 18.6. The van der Waals surface area contributed by atoms with Gasteiger partial charge < -0.3 is 20.3 Å². The summed E-state index contributed by atoms with van der Waals surface area (Å²) in [6.45, 7) is 4.28. The minimum atomic E-state index is -0.237. The van der Waals surface area contributed by atoms with Gasteiger partial charge in [0.25, 0.3) is 5.56 Å². The smallest absolute Gasteiger partial charge is 0.253 e. The molecule has 0 bridgehead atoms.